The number of phenolic OH excluding ortho intramolecular Hbond substituents is 1. The van der Waals surface area contributed by atoms with Crippen LogP contribution in [-0.4, -0.2) is 11.1 Å². The molecular weight excluding hydrogens is 156 g/mol. The number of rotatable bonds is 1. The zero-order chi connectivity index (χ0) is 9.14. The molecule has 0 aromatic heterocycles. The Morgan fingerprint density at radius 3 is 2.83 bits per heavy atom. The molecule has 0 unspecified atom stereocenters. The van der Waals surface area contributed by atoms with Gasteiger partial charge in [0.1, 0.15) is 11.5 Å². The summed E-state index contributed by atoms with van der Waals surface area (Å²) in [4.78, 5) is 10.5. The first-order valence-electron chi connectivity index (χ1n) is 3.43. The van der Waals surface area contributed by atoms with Gasteiger partial charge in [-0.2, -0.15) is 0 Å². The van der Waals surface area contributed by atoms with Crippen molar-refractivity contribution in [3.63, 3.8) is 0 Å². The number of carbonyl (C=O) groups excluding carboxylic acids is 1. The molecule has 0 atom stereocenters. The van der Waals surface area contributed by atoms with Crippen LogP contribution in [-0.2, 0) is 4.79 Å². The highest BCUT2D eigenvalue weighted by Gasteiger charge is 2.02. The molecule has 1 rings (SSSR count). The van der Waals surface area contributed by atoms with Gasteiger partial charge in [0.2, 0.25) is 0 Å². The van der Waals surface area contributed by atoms with E-state index in [2.05, 4.69) is 6.92 Å². The van der Waals surface area contributed by atoms with Crippen molar-refractivity contribution < 1.29 is 14.6 Å². The number of hydrogen-bond acceptors (Lipinski definition) is 3. The minimum absolute atomic E-state index is 0.0543. The van der Waals surface area contributed by atoms with Crippen LogP contribution >= 0.6 is 0 Å². The Labute approximate surface area is 70.6 Å². The molecule has 1 aromatic carbocycles. The minimum atomic E-state index is -0.425. The molecule has 3 heteroatoms. The SMILES string of the molecule is [CH2]c1ccc(O)cc1OC(C)=O. The van der Waals surface area contributed by atoms with Crippen LogP contribution in [0.2, 0.25) is 0 Å². The number of ether oxygens (including phenoxy) is 1. The zero-order valence-electron chi connectivity index (χ0n) is 6.70. The number of carbonyl (C=O) groups is 1. The van der Waals surface area contributed by atoms with Gasteiger partial charge in [-0.25, -0.2) is 0 Å². The van der Waals surface area contributed by atoms with E-state index in [0.717, 1.165) is 0 Å². The van der Waals surface area contributed by atoms with Crippen LogP contribution in [0.15, 0.2) is 18.2 Å². The number of esters is 1. The molecule has 0 saturated heterocycles. The second-order valence-corrected chi connectivity index (χ2v) is 2.39. The van der Waals surface area contributed by atoms with Crippen molar-refractivity contribution in [1.29, 1.82) is 0 Å². The van der Waals surface area contributed by atoms with Gasteiger partial charge >= 0.3 is 5.97 Å². The highest BCUT2D eigenvalue weighted by atomic mass is 16.5. The molecule has 0 spiro atoms. The monoisotopic (exact) mass is 165 g/mol. The molecule has 0 amide bonds. The van der Waals surface area contributed by atoms with E-state index in [4.69, 9.17) is 9.84 Å². The van der Waals surface area contributed by atoms with Gasteiger partial charge in [-0.05, 0) is 18.6 Å². The van der Waals surface area contributed by atoms with Crippen LogP contribution < -0.4 is 4.74 Å². The van der Waals surface area contributed by atoms with Crippen molar-refractivity contribution >= 4 is 5.97 Å². The summed E-state index contributed by atoms with van der Waals surface area (Å²) >= 11 is 0. The lowest BCUT2D eigenvalue weighted by atomic mass is 10.2. The van der Waals surface area contributed by atoms with E-state index in [-0.39, 0.29) is 5.75 Å². The lowest BCUT2D eigenvalue weighted by molar-refractivity contribution is -0.131. The molecule has 0 saturated carbocycles. The molecule has 0 bridgehead atoms. The molecule has 0 aliphatic carbocycles. The average Bonchev–Trinajstić information content (AvgIpc) is 1.96. The quantitative estimate of drug-likeness (QED) is 0.506. The summed E-state index contributed by atoms with van der Waals surface area (Å²) in [5.74, 6) is -0.0772. The van der Waals surface area contributed by atoms with E-state index in [9.17, 15) is 4.79 Å². The van der Waals surface area contributed by atoms with E-state index >= 15 is 0 Å². The first-order chi connectivity index (χ1) is 5.59. The van der Waals surface area contributed by atoms with E-state index < -0.39 is 5.97 Å². The third-order valence-electron chi connectivity index (χ3n) is 1.30. The summed E-state index contributed by atoms with van der Waals surface area (Å²) in [5.41, 5.74) is 0.572. The smallest absolute Gasteiger partial charge is 0.308 e. The number of benzene rings is 1. The molecule has 0 heterocycles. The Morgan fingerprint density at radius 2 is 2.25 bits per heavy atom. The fraction of sp³-hybridized carbons (Fsp3) is 0.111. The molecule has 1 radical (unpaired) electrons. The maximum absolute atomic E-state index is 10.5. The first-order valence-corrected chi connectivity index (χ1v) is 3.43. The van der Waals surface area contributed by atoms with Gasteiger partial charge in [0, 0.05) is 13.0 Å². The summed E-state index contributed by atoms with van der Waals surface area (Å²) in [6.45, 7) is 4.92. The van der Waals surface area contributed by atoms with Crippen molar-refractivity contribution in [2.24, 2.45) is 0 Å². The summed E-state index contributed by atoms with van der Waals surface area (Å²) in [6, 6.07) is 4.41. The molecular formula is C9H9O3. The van der Waals surface area contributed by atoms with Gasteiger partial charge in [-0.15, -0.1) is 0 Å². The van der Waals surface area contributed by atoms with Gasteiger partial charge < -0.3 is 9.84 Å². The molecule has 0 fully saturated rings. The third-order valence-corrected chi connectivity index (χ3v) is 1.30. The van der Waals surface area contributed by atoms with Crippen LogP contribution in [0.4, 0.5) is 0 Å². The highest BCUT2D eigenvalue weighted by molar-refractivity contribution is 5.70. The third kappa shape index (κ3) is 1.99. The van der Waals surface area contributed by atoms with Gasteiger partial charge in [0.15, 0.2) is 0 Å². The predicted molar refractivity (Wildman–Crippen MR) is 43.9 cm³/mol. The summed E-state index contributed by atoms with van der Waals surface area (Å²) in [5, 5.41) is 9.03. The summed E-state index contributed by atoms with van der Waals surface area (Å²) < 4.78 is 4.76. The molecule has 63 valence electrons. The van der Waals surface area contributed by atoms with Crippen molar-refractivity contribution in [1.82, 2.24) is 0 Å². The van der Waals surface area contributed by atoms with Crippen LogP contribution in [0.3, 0.4) is 0 Å². The Morgan fingerprint density at radius 1 is 1.58 bits per heavy atom. The van der Waals surface area contributed by atoms with Crippen molar-refractivity contribution in [3.8, 4) is 11.5 Å². The Hall–Kier alpha value is -1.51. The van der Waals surface area contributed by atoms with Crippen molar-refractivity contribution in [2.75, 3.05) is 0 Å². The maximum Gasteiger partial charge on any atom is 0.308 e. The lowest BCUT2D eigenvalue weighted by Crippen LogP contribution is -2.02. The lowest BCUT2D eigenvalue weighted by Gasteiger charge is -2.04. The Kier molecular flexibility index (Phi) is 2.33. The largest absolute Gasteiger partial charge is 0.508 e. The molecule has 3 nitrogen and oxygen atoms in total. The van der Waals surface area contributed by atoms with E-state index in [1.807, 2.05) is 0 Å². The average molecular weight is 165 g/mol. The first kappa shape index (κ1) is 8.59. The highest BCUT2D eigenvalue weighted by Crippen LogP contribution is 2.22. The fourth-order valence-corrected chi connectivity index (χ4v) is 0.793. The Bertz CT molecular complexity index is 305. The van der Waals surface area contributed by atoms with Crippen LogP contribution in [0, 0.1) is 6.92 Å². The van der Waals surface area contributed by atoms with Crippen LogP contribution in [0.1, 0.15) is 12.5 Å². The van der Waals surface area contributed by atoms with Gasteiger partial charge in [0.25, 0.3) is 0 Å². The number of aromatic hydroxyl groups is 1. The normalized spacial score (nSPS) is 9.50. The Balaban J connectivity index is 2.97. The maximum atomic E-state index is 10.5. The summed E-state index contributed by atoms with van der Waals surface area (Å²) in [6.07, 6.45) is 0. The molecule has 0 aliphatic rings. The topological polar surface area (TPSA) is 46.5 Å². The standard InChI is InChI=1S/C9H9O3/c1-6-3-4-8(11)5-9(6)12-7(2)10/h3-5,11H,1H2,2H3. The number of phenols is 1. The van der Waals surface area contributed by atoms with Gasteiger partial charge in [-0.1, -0.05) is 6.07 Å². The molecule has 1 N–H and O–H groups in total. The summed E-state index contributed by atoms with van der Waals surface area (Å²) in [7, 11) is 0. The fourth-order valence-electron chi connectivity index (χ4n) is 0.793. The predicted octanol–water partition coefficient (Wildman–Crippen LogP) is 1.50. The van der Waals surface area contributed by atoms with Crippen molar-refractivity contribution in [2.45, 2.75) is 6.92 Å². The molecule has 12 heavy (non-hydrogen) atoms. The van der Waals surface area contributed by atoms with Crippen LogP contribution in [0.25, 0.3) is 0 Å². The number of hydrogen-bond donors (Lipinski definition) is 1. The molecule has 1 aromatic rings. The van der Waals surface area contributed by atoms with E-state index in [1.165, 1.54) is 19.1 Å². The van der Waals surface area contributed by atoms with Crippen LogP contribution in [0.5, 0.6) is 11.5 Å². The zero-order valence-corrected chi connectivity index (χ0v) is 6.70. The second kappa shape index (κ2) is 3.26. The van der Waals surface area contributed by atoms with Gasteiger partial charge in [0.05, 0.1) is 0 Å². The van der Waals surface area contributed by atoms with E-state index in [1.54, 1.807) is 6.07 Å². The van der Waals surface area contributed by atoms with Crippen molar-refractivity contribution in [3.05, 3.63) is 30.7 Å². The minimum Gasteiger partial charge on any atom is -0.508 e. The molecule has 0 aliphatic heterocycles. The van der Waals surface area contributed by atoms with E-state index in [0.29, 0.717) is 11.3 Å². The van der Waals surface area contributed by atoms with Gasteiger partial charge in [-0.3, -0.25) is 4.79 Å². The second-order valence-electron chi connectivity index (χ2n) is 2.39.